The Labute approximate surface area is 223 Å². The number of nitro benzene ring substituents is 1. The van der Waals surface area contributed by atoms with Gasteiger partial charge in [0.05, 0.1) is 77.2 Å². The van der Waals surface area contributed by atoms with E-state index in [4.69, 9.17) is 28.4 Å². The Morgan fingerprint density at radius 2 is 1.37 bits per heavy atom. The minimum absolute atomic E-state index is 0.00294. The fourth-order valence-corrected chi connectivity index (χ4v) is 3.25. The molecule has 0 aliphatic carbocycles. The van der Waals surface area contributed by atoms with E-state index in [0.29, 0.717) is 83.1 Å². The van der Waals surface area contributed by atoms with Crippen LogP contribution < -0.4 is 9.64 Å². The van der Waals surface area contributed by atoms with Crippen molar-refractivity contribution in [2.75, 3.05) is 91.7 Å². The molecule has 210 valence electrons. The average Bonchev–Trinajstić information content (AvgIpc) is 2.94. The monoisotopic (exact) mass is 534 g/mol. The Balaban J connectivity index is 1.69. The lowest BCUT2D eigenvalue weighted by Crippen LogP contribution is -2.27. The van der Waals surface area contributed by atoms with Crippen LogP contribution in [0.5, 0.6) is 5.75 Å². The average molecular weight is 535 g/mol. The summed E-state index contributed by atoms with van der Waals surface area (Å²) >= 11 is 0. The van der Waals surface area contributed by atoms with Crippen LogP contribution in [-0.2, 0) is 23.7 Å². The van der Waals surface area contributed by atoms with Gasteiger partial charge in [0.1, 0.15) is 11.4 Å². The summed E-state index contributed by atoms with van der Waals surface area (Å²) in [5, 5.41) is 19.2. The summed E-state index contributed by atoms with van der Waals surface area (Å²) in [4.78, 5) is 12.5. The summed E-state index contributed by atoms with van der Waals surface area (Å²) < 4.78 is 32.4. The largest absolute Gasteiger partial charge is 0.494 e. The lowest BCUT2D eigenvalue weighted by atomic mass is 10.2. The van der Waals surface area contributed by atoms with Crippen LogP contribution in [0, 0.1) is 10.1 Å². The maximum Gasteiger partial charge on any atom is 0.269 e. The van der Waals surface area contributed by atoms with Crippen molar-refractivity contribution in [3.63, 3.8) is 0 Å². The zero-order chi connectivity index (χ0) is 27.4. The molecule has 0 spiro atoms. The minimum atomic E-state index is -0.455. The van der Waals surface area contributed by atoms with Gasteiger partial charge >= 0.3 is 0 Å². The van der Waals surface area contributed by atoms with Crippen molar-refractivity contribution >= 4 is 22.7 Å². The number of hydrogen-bond acceptors (Lipinski definition) is 11. The van der Waals surface area contributed by atoms with Crippen molar-refractivity contribution in [2.45, 2.75) is 6.92 Å². The van der Waals surface area contributed by atoms with Crippen LogP contribution in [-0.4, -0.2) is 91.7 Å². The first kappa shape index (κ1) is 31.1. The second-order valence-corrected chi connectivity index (χ2v) is 7.85. The van der Waals surface area contributed by atoms with E-state index >= 15 is 0 Å². The van der Waals surface area contributed by atoms with Crippen molar-refractivity contribution in [1.82, 2.24) is 0 Å². The maximum atomic E-state index is 10.8. The number of non-ortho nitro benzene ring substituents is 1. The van der Waals surface area contributed by atoms with Gasteiger partial charge in [0, 0.05) is 44.1 Å². The molecule has 38 heavy (non-hydrogen) atoms. The Kier molecular flexibility index (Phi) is 15.5. The molecule has 0 bridgehead atoms. The molecular weight excluding hydrogens is 496 g/mol. The van der Waals surface area contributed by atoms with Gasteiger partial charge in [-0.05, 0) is 31.2 Å². The number of rotatable bonds is 21. The van der Waals surface area contributed by atoms with E-state index in [0.717, 1.165) is 12.2 Å². The van der Waals surface area contributed by atoms with Gasteiger partial charge in [-0.2, -0.15) is 5.11 Å². The van der Waals surface area contributed by atoms with Crippen molar-refractivity contribution in [1.29, 1.82) is 0 Å². The lowest BCUT2D eigenvalue weighted by molar-refractivity contribution is -0.384. The highest BCUT2D eigenvalue weighted by Gasteiger charge is 2.10. The quantitative estimate of drug-likeness (QED) is 0.0980. The summed E-state index contributed by atoms with van der Waals surface area (Å²) in [5.41, 5.74) is 2.04. The highest BCUT2D eigenvalue weighted by Crippen LogP contribution is 2.33. The summed E-state index contributed by atoms with van der Waals surface area (Å²) in [6.45, 7) is 8.38. The fraction of sp³-hybridized carbons (Fsp3) is 0.538. The second-order valence-electron chi connectivity index (χ2n) is 7.85. The van der Waals surface area contributed by atoms with Crippen molar-refractivity contribution < 1.29 is 33.3 Å². The Morgan fingerprint density at radius 3 is 1.89 bits per heavy atom. The molecular formula is C26H38N4O8. The fourth-order valence-electron chi connectivity index (χ4n) is 3.25. The summed E-state index contributed by atoms with van der Waals surface area (Å²) in [5.74, 6) is 0.574. The van der Waals surface area contributed by atoms with Gasteiger partial charge in [-0.3, -0.25) is 10.1 Å². The van der Waals surface area contributed by atoms with E-state index < -0.39 is 4.92 Å². The van der Waals surface area contributed by atoms with Crippen LogP contribution in [0.2, 0.25) is 0 Å². The number of methoxy groups -OCH3 is 2. The number of nitro groups is 1. The molecule has 0 saturated heterocycles. The zero-order valence-corrected chi connectivity index (χ0v) is 22.4. The molecule has 0 heterocycles. The Bertz CT molecular complexity index is 959. The highest BCUT2D eigenvalue weighted by atomic mass is 16.6. The first-order valence-electron chi connectivity index (χ1n) is 12.5. The molecule has 0 unspecified atom stereocenters. The number of ether oxygens (including phenoxy) is 6. The molecule has 0 atom stereocenters. The van der Waals surface area contributed by atoms with Crippen LogP contribution >= 0.6 is 0 Å². The van der Waals surface area contributed by atoms with Crippen LogP contribution in [0.25, 0.3) is 0 Å². The molecule has 2 rings (SSSR count). The van der Waals surface area contributed by atoms with Crippen LogP contribution in [0.15, 0.2) is 52.7 Å². The predicted molar refractivity (Wildman–Crippen MR) is 143 cm³/mol. The molecule has 0 aliphatic heterocycles. The van der Waals surface area contributed by atoms with E-state index in [9.17, 15) is 10.1 Å². The van der Waals surface area contributed by atoms with E-state index in [-0.39, 0.29) is 5.69 Å². The number of benzene rings is 2. The standard InChI is InChI=1S/C26H38N4O8/c1-4-29(11-12-35-15-16-37-19-20-38-18-17-36-14-13-33-2)24-9-10-25(26(21-24)34-3)28-27-22-5-7-23(8-6-22)30(31)32/h5-10,21H,4,11-20H2,1-3H3. The first-order valence-corrected chi connectivity index (χ1v) is 12.5. The number of likely N-dealkylation sites (N-methyl/N-ethyl adjacent to an activating group) is 1. The molecule has 2 aromatic carbocycles. The third-order valence-corrected chi connectivity index (χ3v) is 5.30. The summed E-state index contributed by atoms with van der Waals surface area (Å²) in [6.07, 6.45) is 0. The number of azo groups is 1. The number of anilines is 1. The van der Waals surface area contributed by atoms with Gasteiger partial charge in [-0.25, -0.2) is 0 Å². The molecule has 0 saturated carbocycles. The molecule has 12 heteroatoms. The molecule has 0 fully saturated rings. The van der Waals surface area contributed by atoms with E-state index in [2.05, 4.69) is 22.1 Å². The van der Waals surface area contributed by atoms with Gasteiger partial charge < -0.3 is 33.3 Å². The second kappa shape index (κ2) is 19.0. The summed E-state index contributed by atoms with van der Waals surface area (Å²) in [7, 11) is 3.21. The van der Waals surface area contributed by atoms with E-state index in [1.165, 1.54) is 12.1 Å². The van der Waals surface area contributed by atoms with E-state index in [1.807, 2.05) is 18.2 Å². The van der Waals surface area contributed by atoms with Crippen molar-refractivity contribution in [3.8, 4) is 5.75 Å². The molecule has 12 nitrogen and oxygen atoms in total. The van der Waals surface area contributed by atoms with Crippen molar-refractivity contribution in [2.24, 2.45) is 10.2 Å². The topological polar surface area (TPSA) is 126 Å². The van der Waals surface area contributed by atoms with Gasteiger partial charge in [0.2, 0.25) is 0 Å². The third kappa shape index (κ3) is 11.9. The molecule has 0 aliphatic rings. The Morgan fingerprint density at radius 1 is 0.789 bits per heavy atom. The smallest absolute Gasteiger partial charge is 0.269 e. The molecule has 0 aromatic heterocycles. The Hall–Kier alpha value is -3.16. The van der Waals surface area contributed by atoms with Crippen LogP contribution in [0.1, 0.15) is 6.92 Å². The van der Waals surface area contributed by atoms with Crippen LogP contribution in [0.4, 0.5) is 22.7 Å². The lowest BCUT2D eigenvalue weighted by Gasteiger charge is -2.23. The van der Waals surface area contributed by atoms with Gasteiger partial charge in [0.25, 0.3) is 5.69 Å². The molecule has 0 amide bonds. The number of hydrogen-bond donors (Lipinski definition) is 0. The van der Waals surface area contributed by atoms with E-state index in [1.54, 1.807) is 26.4 Å². The molecule has 0 radical (unpaired) electrons. The summed E-state index contributed by atoms with van der Waals surface area (Å²) in [6, 6.07) is 11.5. The predicted octanol–water partition coefficient (Wildman–Crippen LogP) is 4.56. The minimum Gasteiger partial charge on any atom is -0.494 e. The van der Waals surface area contributed by atoms with Gasteiger partial charge in [-0.15, -0.1) is 5.11 Å². The van der Waals surface area contributed by atoms with Crippen molar-refractivity contribution in [3.05, 3.63) is 52.6 Å². The zero-order valence-electron chi connectivity index (χ0n) is 22.4. The van der Waals surface area contributed by atoms with Gasteiger partial charge in [-0.1, -0.05) is 0 Å². The highest BCUT2D eigenvalue weighted by molar-refractivity contribution is 5.62. The molecule has 2 aromatic rings. The van der Waals surface area contributed by atoms with Gasteiger partial charge in [0.15, 0.2) is 0 Å². The third-order valence-electron chi connectivity index (χ3n) is 5.30. The normalized spacial score (nSPS) is 11.2. The number of nitrogens with zero attached hydrogens (tertiary/aromatic N) is 4. The molecule has 0 N–H and O–H groups in total. The van der Waals surface area contributed by atoms with Crippen LogP contribution in [0.3, 0.4) is 0 Å². The SMILES string of the molecule is CCN(CCOCCOCCOCCOCCOC)c1ccc(N=Nc2ccc([N+](=O)[O-])cc2)c(OC)c1. The maximum absolute atomic E-state index is 10.8. The first-order chi connectivity index (χ1) is 18.6.